The van der Waals surface area contributed by atoms with Crippen molar-refractivity contribution < 1.29 is 23.8 Å². The minimum Gasteiger partial charge on any atom is -0.465 e. The molecule has 1 aliphatic heterocycles. The van der Waals surface area contributed by atoms with Crippen molar-refractivity contribution in [3.05, 3.63) is 30.0 Å². The number of carbonyl (C=O) groups excluding carboxylic acids is 1. The van der Waals surface area contributed by atoms with Gasteiger partial charge < -0.3 is 24.1 Å². The summed E-state index contributed by atoms with van der Waals surface area (Å²) in [5.74, 6) is -0.282. The van der Waals surface area contributed by atoms with E-state index in [0.717, 1.165) is 11.1 Å². The Bertz CT molecular complexity index is 731. The van der Waals surface area contributed by atoms with Gasteiger partial charge >= 0.3 is 12.1 Å². The van der Waals surface area contributed by atoms with Gasteiger partial charge in [-0.15, -0.1) is 0 Å². The van der Waals surface area contributed by atoms with Crippen molar-refractivity contribution in [1.82, 2.24) is 4.90 Å². The van der Waals surface area contributed by atoms with E-state index in [0.29, 0.717) is 38.4 Å². The van der Waals surface area contributed by atoms with E-state index < -0.39 is 12.1 Å². The number of rotatable bonds is 3. The molecule has 1 amide bonds. The van der Waals surface area contributed by atoms with Crippen molar-refractivity contribution in [1.29, 1.82) is 0 Å². The van der Waals surface area contributed by atoms with Crippen molar-refractivity contribution in [2.45, 2.75) is 6.92 Å². The Kier molecular flexibility index (Phi) is 4.10. The molecule has 2 aromatic rings. The third-order valence-corrected chi connectivity index (χ3v) is 3.89. The number of fused-ring (bicyclic) bond motifs is 1. The van der Waals surface area contributed by atoms with E-state index in [4.69, 9.17) is 14.3 Å². The van der Waals surface area contributed by atoms with Crippen LogP contribution in [0.3, 0.4) is 0 Å². The van der Waals surface area contributed by atoms with Gasteiger partial charge in [-0.25, -0.2) is 9.59 Å². The maximum Gasteiger partial charge on any atom is 0.407 e. The first-order chi connectivity index (χ1) is 11.1. The number of piperazine rings is 1. The molecule has 0 aliphatic carbocycles. The van der Waals surface area contributed by atoms with Gasteiger partial charge in [0.15, 0.2) is 0 Å². The fraction of sp³-hybridized carbons (Fsp3) is 0.375. The lowest BCUT2D eigenvalue weighted by Gasteiger charge is -2.34. The van der Waals surface area contributed by atoms with E-state index in [1.54, 1.807) is 13.0 Å². The summed E-state index contributed by atoms with van der Waals surface area (Å²) in [7, 11) is 0. The molecule has 23 heavy (non-hydrogen) atoms. The van der Waals surface area contributed by atoms with E-state index >= 15 is 0 Å². The van der Waals surface area contributed by atoms with E-state index in [1.807, 2.05) is 18.2 Å². The van der Waals surface area contributed by atoms with Gasteiger partial charge in [-0.05, 0) is 31.2 Å². The summed E-state index contributed by atoms with van der Waals surface area (Å²) >= 11 is 0. The Morgan fingerprint density at radius 2 is 1.96 bits per heavy atom. The number of esters is 1. The first kappa shape index (κ1) is 15.2. The Labute approximate surface area is 133 Å². The molecule has 0 unspecified atom stereocenters. The van der Waals surface area contributed by atoms with Crippen LogP contribution in [0.1, 0.15) is 17.5 Å². The van der Waals surface area contributed by atoms with Crippen LogP contribution >= 0.6 is 0 Å². The standard InChI is InChI=1S/C16H18N2O5/c1-2-22-15(19)14-10-11-9-12(3-4-13(11)23-14)17-5-7-18(8-6-17)16(20)21/h3-4,9-10H,2,5-8H2,1H3,(H,20,21). The zero-order chi connectivity index (χ0) is 16.4. The van der Waals surface area contributed by atoms with Gasteiger partial charge in [0.05, 0.1) is 6.61 Å². The fourth-order valence-corrected chi connectivity index (χ4v) is 2.69. The van der Waals surface area contributed by atoms with Crippen LogP contribution < -0.4 is 4.90 Å². The molecule has 1 N–H and O–H groups in total. The number of carbonyl (C=O) groups is 2. The van der Waals surface area contributed by atoms with Crippen LogP contribution in [-0.4, -0.2) is 54.9 Å². The third-order valence-electron chi connectivity index (χ3n) is 3.89. The minimum atomic E-state index is -0.881. The summed E-state index contributed by atoms with van der Waals surface area (Å²) in [6, 6.07) is 7.34. The molecule has 0 bridgehead atoms. The van der Waals surface area contributed by atoms with Gasteiger partial charge in [0.1, 0.15) is 5.58 Å². The van der Waals surface area contributed by atoms with Crippen molar-refractivity contribution >= 4 is 28.7 Å². The van der Waals surface area contributed by atoms with E-state index in [-0.39, 0.29) is 5.76 Å². The third kappa shape index (κ3) is 3.08. The van der Waals surface area contributed by atoms with Crippen LogP contribution in [0.4, 0.5) is 10.5 Å². The molecule has 1 aromatic heterocycles. The molecule has 1 aromatic carbocycles. The summed E-state index contributed by atoms with van der Waals surface area (Å²) in [5, 5.41) is 9.81. The van der Waals surface area contributed by atoms with E-state index in [2.05, 4.69) is 4.90 Å². The van der Waals surface area contributed by atoms with Crippen molar-refractivity contribution in [2.75, 3.05) is 37.7 Å². The summed E-state index contributed by atoms with van der Waals surface area (Å²) < 4.78 is 10.4. The lowest BCUT2D eigenvalue weighted by atomic mass is 10.2. The van der Waals surface area contributed by atoms with Crippen LogP contribution in [0.15, 0.2) is 28.7 Å². The van der Waals surface area contributed by atoms with Gasteiger partial charge in [-0.1, -0.05) is 0 Å². The van der Waals surface area contributed by atoms with Crippen LogP contribution in [-0.2, 0) is 4.74 Å². The summed E-state index contributed by atoms with van der Waals surface area (Å²) in [6.07, 6.45) is -0.881. The quantitative estimate of drug-likeness (QED) is 0.875. The molecule has 0 saturated carbocycles. The van der Waals surface area contributed by atoms with E-state index in [1.165, 1.54) is 4.90 Å². The fourth-order valence-electron chi connectivity index (χ4n) is 2.69. The Balaban J connectivity index is 1.78. The number of hydrogen-bond acceptors (Lipinski definition) is 5. The molecule has 0 spiro atoms. The molecule has 2 heterocycles. The highest BCUT2D eigenvalue weighted by molar-refractivity contribution is 5.93. The highest BCUT2D eigenvalue weighted by Gasteiger charge is 2.21. The van der Waals surface area contributed by atoms with Gasteiger partial charge in [0.25, 0.3) is 0 Å². The molecule has 1 aliphatic rings. The number of furan rings is 1. The largest absolute Gasteiger partial charge is 0.465 e. The van der Waals surface area contributed by atoms with Gasteiger partial charge in [0, 0.05) is 37.3 Å². The molecular weight excluding hydrogens is 300 g/mol. The number of ether oxygens (including phenoxy) is 1. The summed E-state index contributed by atoms with van der Waals surface area (Å²) in [4.78, 5) is 26.2. The van der Waals surface area contributed by atoms with Gasteiger partial charge in [-0.2, -0.15) is 0 Å². The molecule has 0 radical (unpaired) electrons. The monoisotopic (exact) mass is 318 g/mol. The molecule has 7 nitrogen and oxygen atoms in total. The smallest absolute Gasteiger partial charge is 0.407 e. The predicted octanol–water partition coefficient (Wildman–Crippen LogP) is 2.41. The lowest BCUT2D eigenvalue weighted by Crippen LogP contribution is -2.48. The SMILES string of the molecule is CCOC(=O)c1cc2cc(N3CCN(C(=O)O)CC3)ccc2o1. The van der Waals surface area contributed by atoms with Gasteiger partial charge in [-0.3, -0.25) is 0 Å². The van der Waals surface area contributed by atoms with Crippen LogP contribution in [0.2, 0.25) is 0 Å². The Morgan fingerprint density at radius 1 is 1.22 bits per heavy atom. The second kappa shape index (κ2) is 6.20. The number of benzene rings is 1. The summed E-state index contributed by atoms with van der Waals surface area (Å²) in [5.41, 5.74) is 1.61. The maximum absolute atomic E-state index is 11.7. The molecule has 0 atom stereocenters. The number of hydrogen-bond donors (Lipinski definition) is 1. The number of amides is 1. The van der Waals surface area contributed by atoms with Crippen molar-refractivity contribution in [3.63, 3.8) is 0 Å². The van der Waals surface area contributed by atoms with Crippen molar-refractivity contribution in [2.24, 2.45) is 0 Å². The normalized spacial score (nSPS) is 15.0. The number of nitrogens with zero attached hydrogens (tertiary/aromatic N) is 2. The number of carboxylic acid groups (broad SMARTS) is 1. The zero-order valence-electron chi connectivity index (χ0n) is 12.8. The van der Waals surface area contributed by atoms with E-state index in [9.17, 15) is 9.59 Å². The Morgan fingerprint density at radius 3 is 2.61 bits per heavy atom. The molecule has 1 fully saturated rings. The first-order valence-electron chi connectivity index (χ1n) is 7.52. The molecule has 3 rings (SSSR count). The average molecular weight is 318 g/mol. The highest BCUT2D eigenvalue weighted by atomic mass is 16.5. The van der Waals surface area contributed by atoms with Gasteiger partial charge in [0.2, 0.25) is 5.76 Å². The predicted molar refractivity (Wildman–Crippen MR) is 84.0 cm³/mol. The van der Waals surface area contributed by atoms with Crippen LogP contribution in [0.5, 0.6) is 0 Å². The zero-order valence-corrected chi connectivity index (χ0v) is 12.8. The maximum atomic E-state index is 11.7. The number of anilines is 1. The second-order valence-corrected chi connectivity index (χ2v) is 5.31. The molecular formula is C16H18N2O5. The minimum absolute atomic E-state index is 0.190. The average Bonchev–Trinajstić information content (AvgIpc) is 2.98. The molecule has 122 valence electrons. The molecule has 7 heteroatoms. The van der Waals surface area contributed by atoms with Crippen LogP contribution in [0.25, 0.3) is 11.0 Å². The highest BCUT2D eigenvalue weighted by Crippen LogP contribution is 2.26. The van der Waals surface area contributed by atoms with Crippen molar-refractivity contribution in [3.8, 4) is 0 Å². The lowest BCUT2D eigenvalue weighted by molar-refractivity contribution is 0.0492. The summed E-state index contributed by atoms with van der Waals surface area (Å²) in [6.45, 7) is 4.28. The first-order valence-corrected chi connectivity index (χ1v) is 7.52. The Hall–Kier alpha value is -2.70. The molecule has 1 saturated heterocycles. The van der Waals surface area contributed by atoms with Crippen LogP contribution in [0, 0.1) is 0 Å². The second-order valence-electron chi connectivity index (χ2n) is 5.31. The topological polar surface area (TPSA) is 83.2 Å².